The zero-order valence-electron chi connectivity index (χ0n) is 15.1. The van der Waals surface area contributed by atoms with Gasteiger partial charge in [-0.1, -0.05) is 30.3 Å². The summed E-state index contributed by atoms with van der Waals surface area (Å²) in [4.78, 5) is 20.1. The van der Waals surface area contributed by atoms with Crippen molar-refractivity contribution >= 4 is 5.91 Å². The van der Waals surface area contributed by atoms with Crippen LogP contribution >= 0.6 is 0 Å². The molecule has 1 atom stereocenters. The summed E-state index contributed by atoms with van der Waals surface area (Å²) in [6.45, 7) is 1.84. The van der Waals surface area contributed by atoms with Gasteiger partial charge in [-0.3, -0.25) is 4.79 Å². The Kier molecular flexibility index (Phi) is 4.76. The first-order valence-corrected chi connectivity index (χ1v) is 8.87. The lowest BCUT2D eigenvalue weighted by Gasteiger charge is -2.10. The highest BCUT2D eigenvalue weighted by Crippen LogP contribution is 2.23. The number of carbonyl (C=O) groups excluding carboxylic acids is 1. The number of benzene rings is 2. The van der Waals surface area contributed by atoms with E-state index in [1.54, 1.807) is 30.5 Å². The van der Waals surface area contributed by atoms with Crippen molar-refractivity contribution in [3.05, 3.63) is 90.3 Å². The molecule has 0 aliphatic rings. The predicted molar refractivity (Wildman–Crippen MR) is 104 cm³/mol. The Hall–Kier alpha value is -3.67. The van der Waals surface area contributed by atoms with Gasteiger partial charge in [-0.05, 0) is 48.9 Å². The van der Waals surface area contributed by atoms with Gasteiger partial charge in [-0.2, -0.15) is 0 Å². The van der Waals surface area contributed by atoms with Crippen LogP contribution in [-0.2, 0) is 0 Å². The average molecular weight is 375 g/mol. The zero-order chi connectivity index (χ0) is 19.5. The molecule has 0 aliphatic heterocycles. The molecule has 0 fully saturated rings. The summed E-state index contributed by atoms with van der Waals surface area (Å²) in [7, 11) is 0. The molecule has 2 heterocycles. The molecular weight excluding hydrogens is 357 g/mol. The second kappa shape index (κ2) is 7.52. The molecular formula is C22H18FN3O2. The van der Waals surface area contributed by atoms with Crippen molar-refractivity contribution in [3.63, 3.8) is 0 Å². The van der Waals surface area contributed by atoms with Crippen LogP contribution in [0.15, 0.2) is 77.3 Å². The van der Waals surface area contributed by atoms with Crippen LogP contribution < -0.4 is 5.32 Å². The molecule has 4 rings (SSSR count). The maximum atomic E-state index is 13.0. The van der Waals surface area contributed by atoms with Gasteiger partial charge in [0.1, 0.15) is 17.4 Å². The topological polar surface area (TPSA) is 70.9 Å². The SMILES string of the molecule is CC(NC(=O)c1ccc(-c2ccc(F)cc2)o1)c1ncc(-c2ccccc2)[nH]1. The third-order valence-electron chi connectivity index (χ3n) is 4.40. The molecule has 1 amide bonds. The van der Waals surface area contributed by atoms with E-state index in [2.05, 4.69) is 15.3 Å². The van der Waals surface area contributed by atoms with E-state index >= 15 is 0 Å². The van der Waals surface area contributed by atoms with Gasteiger partial charge in [-0.25, -0.2) is 9.37 Å². The number of nitrogens with one attached hydrogen (secondary N) is 2. The van der Waals surface area contributed by atoms with E-state index in [4.69, 9.17) is 4.42 Å². The molecule has 140 valence electrons. The number of halogens is 1. The molecule has 2 aromatic carbocycles. The molecule has 1 unspecified atom stereocenters. The minimum absolute atomic E-state index is 0.181. The van der Waals surface area contributed by atoms with Crippen LogP contribution in [0.25, 0.3) is 22.6 Å². The van der Waals surface area contributed by atoms with E-state index in [9.17, 15) is 9.18 Å². The Morgan fingerprint density at radius 3 is 2.54 bits per heavy atom. The fraction of sp³-hybridized carbons (Fsp3) is 0.0909. The minimum Gasteiger partial charge on any atom is -0.451 e. The molecule has 6 heteroatoms. The fourth-order valence-electron chi connectivity index (χ4n) is 2.89. The number of aromatic nitrogens is 2. The van der Waals surface area contributed by atoms with Crippen LogP contribution in [0.5, 0.6) is 0 Å². The second-order valence-electron chi connectivity index (χ2n) is 6.41. The molecule has 2 aromatic heterocycles. The Morgan fingerprint density at radius 1 is 1.04 bits per heavy atom. The summed E-state index contributed by atoms with van der Waals surface area (Å²) in [5.74, 6) is 0.662. The molecule has 4 aromatic rings. The number of hydrogen-bond donors (Lipinski definition) is 2. The van der Waals surface area contributed by atoms with Crippen LogP contribution in [0.4, 0.5) is 4.39 Å². The molecule has 0 spiro atoms. The average Bonchev–Trinajstić information content (AvgIpc) is 3.39. The summed E-state index contributed by atoms with van der Waals surface area (Å²) >= 11 is 0. The van der Waals surface area contributed by atoms with Crippen LogP contribution in [0.1, 0.15) is 29.3 Å². The van der Waals surface area contributed by atoms with Gasteiger partial charge in [0.2, 0.25) is 0 Å². The molecule has 5 nitrogen and oxygen atoms in total. The number of rotatable bonds is 5. The van der Waals surface area contributed by atoms with Crippen molar-refractivity contribution in [2.24, 2.45) is 0 Å². The minimum atomic E-state index is -0.349. The number of H-pyrrole nitrogens is 1. The Bertz CT molecular complexity index is 1080. The van der Waals surface area contributed by atoms with E-state index in [1.165, 1.54) is 12.1 Å². The van der Waals surface area contributed by atoms with Crippen LogP contribution in [0.3, 0.4) is 0 Å². The zero-order valence-corrected chi connectivity index (χ0v) is 15.1. The van der Waals surface area contributed by atoms with E-state index in [0.717, 1.165) is 11.3 Å². The highest BCUT2D eigenvalue weighted by molar-refractivity contribution is 5.92. The number of amides is 1. The van der Waals surface area contributed by atoms with Crippen LogP contribution in [-0.4, -0.2) is 15.9 Å². The van der Waals surface area contributed by atoms with Crippen molar-refractivity contribution in [3.8, 4) is 22.6 Å². The number of nitrogens with zero attached hydrogens (tertiary/aromatic N) is 1. The number of aromatic amines is 1. The van der Waals surface area contributed by atoms with Crippen molar-refractivity contribution in [2.45, 2.75) is 13.0 Å². The maximum absolute atomic E-state index is 13.0. The molecule has 28 heavy (non-hydrogen) atoms. The quantitative estimate of drug-likeness (QED) is 0.517. The van der Waals surface area contributed by atoms with E-state index in [-0.39, 0.29) is 23.5 Å². The fourth-order valence-corrected chi connectivity index (χ4v) is 2.89. The van der Waals surface area contributed by atoms with Crippen LogP contribution in [0.2, 0.25) is 0 Å². The number of furan rings is 1. The lowest BCUT2D eigenvalue weighted by atomic mass is 10.2. The van der Waals surface area contributed by atoms with Crippen molar-refractivity contribution in [2.75, 3.05) is 0 Å². The highest BCUT2D eigenvalue weighted by atomic mass is 19.1. The van der Waals surface area contributed by atoms with E-state index in [0.29, 0.717) is 17.1 Å². The molecule has 0 radical (unpaired) electrons. The van der Waals surface area contributed by atoms with Crippen molar-refractivity contribution in [1.29, 1.82) is 0 Å². The lowest BCUT2D eigenvalue weighted by Crippen LogP contribution is -2.27. The Labute approximate surface area is 161 Å². The molecule has 0 bridgehead atoms. The third kappa shape index (κ3) is 3.71. The normalized spacial score (nSPS) is 11.9. The second-order valence-corrected chi connectivity index (χ2v) is 6.41. The first-order chi connectivity index (χ1) is 13.6. The van der Waals surface area contributed by atoms with E-state index in [1.807, 2.05) is 37.3 Å². The summed E-state index contributed by atoms with van der Waals surface area (Å²) in [5.41, 5.74) is 2.61. The van der Waals surface area contributed by atoms with E-state index < -0.39 is 0 Å². The number of carbonyl (C=O) groups is 1. The molecule has 0 saturated carbocycles. The number of imidazole rings is 1. The van der Waals surface area contributed by atoms with Gasteiger partial charge in [0.05, 0.1) is 17.9 Å². The summed E-state index contributed by atoms with van der Waals surface area (Å²) in [6.07, 6.45) is 1.74. The lowest BCUT2D eigenvalue weighted by molar-refractivity contribution is 0.0911. The monoisotopic (exact) mass is 375 g/mol. The maximum Gasteiger partial charge on any atom is 0.287 e. The van der Waals surface area contributed by atoms with Gasteiger partial charge in [-0.15, -0.1) is 0 Å². The Morgan fingerprint density at radius 2 is 1.79 bits per heavy atom. The van der Waals surface area contributed by atoms with Crippen molar-refractivity contribution < 1.29 is 13.6 Å². The first-order valence-electron chi connectivity index (χ1n) is 8.87. The molecule has 0 aliphatic carbocycles. The van der Waals surface area contributed by atoms with Gasteiger partial charge in [0.25, 0.3) is 5.91 Å². The standard InChI is InChI=1S/C22H18FN3O2/c1-14(21-24-13-18(26-21)15-5-3-2-4-6-15)25-22(27)20-12-11-19(28-20)16-7-9-17(23)10-8-16/h2-14H,1H3,(H,24,26)(H,25,27). The predicted octanol–water partition coefficient (Wildman–Crippen LogP) is 4.97. The smallest absolute Gasteiger partial charge is 0.287 e. The summed E-state index contributed by atoms with van der Waals surface area (Å²) in [6, 6.07) is 18.7. The first kappa shape index (κ1) is 17.7. The number of hydrogen-bond acceptors (Lipinski definition) is 3. The summed E-state index contributed by atoms with van der Waals surface area (Å²) in [5, 5.41) is 2.86. The van der Waals surface area contributed by atoms with Gasteiger partial charge < -0.3 is 14.7 Å². The molecule has 2 N–H and O–H groups in total. The summed E-state index contributed by atoms with van der Waals surface area (Å²) < 4.78 is 18.7. The Balaban J connectivity index is 1.45. The third-order valence-corrected chi connectivity index (χ3v) is 4.40. The van der Waals surface area contributed by atoms with Gasteiger partial charge >= 0.3 is 0 Å². The highest BCUT2D eigenvalue weighted by Gasteiger charge is 2.17. The van der Waals surface area contributed by atoms with Gasteiger partial charge in [0.15, 0.2) is 5.76 Å². The van der Waals surface area contributed by atoms with Crippen LogP contribution in [0, 0.1) is 5.82 Å². The largest absolute Gasteiger partial charge is 0.451 e. The van der Waals surface area contributed by atoms with Crippen molar-refractivity contribution in [1.82, 2.24) is 15.3 Å². The molecule has 0 saturated heterocycles. The van der Waals surface area contributed by atoms with Gasteiger partial charge in [0, 0.05) is 5.56 Å².